The summed E-state index contributed by atoms with van der Waals surface area (Å²) in [6.45, 7) is 7.91. The number of nitrogens with two attached hydrogens (primary N) is 1. The molecule has 2 heterocycles. The van der Waals surface area contributed by atoms with Crippen LogP contribution in [0.3, 0.4) is 0 Å². The number of nitrogens with one attached hydrogen (secondary N) is 1. The van der Waals surface area contributed by atoms with E-state index in [2.05, 4.69) is 24.1 Å². The van der Waals surface area contributed by atoms with Gasteiger partial charge in [0.2, 0.25) is 0 Å². The Hall–Kier alpha value is -2.47. The molecule has 0 unspecified atom stereocenters. The van der Waals surface area contributed by atoms with Crippen LogP contribution < -0.4 is 11.1 Å². The smallest absolute Gasteiger partial charge is 0.321 e. The van der Waals surface area contributed by atoms with E-state index in [1.807, 2.05) is 19.1 Å². The highest BCUT2D eigenvalue weighted by Crippen LogP contribution is 2.62. The third-order valence-corrected chi connectivity index (χ3v) is 6.62. The molecule has 3 atom stereocenters. The zero-order valence-electron chi connectivity index (χ0n) is 17.3. The number of nitrogen functional groups attached to an aromatic ring is 1. The molecule has 5 nitrogen and oxygen atoms in total. The highest BCUT2D eigenvalue weighted by molar-refractivity contribution is 5.77. The van der Waals surface area contributed by atoms with Crippen molar-refractivity contribution < 1.29 is 14.3 Å². The Labute approximate surface area is 170 Å². The number of pyridine rings is 1. The van der Waals surface area contributed by atoms with Crippen LogP contribution in [-0.2, 0) is 4.79 Å². The Morgan fingerprint density at radius 1 is 1.21 bits per heavy atom. The molecule has 1 spiro atoms. The Balaban J connectivity index is 1.93. The van der Waals surface area contributed by atoms with Crippen LogP contribution in [0.5, 0.6) is 0 Å². The fourth-order valence-corrected chi connectivity index (χ4v) is 5.85. The van der Waals surface area contributed by atoms with Crippen molar-refractivity contribution in [2.75, 3.05) is 5.73 Å². The molecule has 1 aliphatic carbocycles. The van der Waals surface area contributed by atoms with Crippen molar-refractivity contribution in [2.24, 2.45) is 5.41 Å². The van der Waals surface area contributed by atoms with Gasteiger partial charge in [-0.3, -0.25) is 10.1 Å². The lowest BCUT2D eigenvalue weighted by atomic mass is 9.53. The first-order chi connectivity index (χ1) is 13.5. The van der Waals surface area contributed by atoms with Gasteiger partial charge in [-0.15, -0.1) is 0 Å². The van der Waals surface area contributed by atoms with Gasteiger partial charge < -0.3 is 10.8 Å². The molecular weight excluding hydrogens is 369 g/mol. The maximum absolute atomic E-state index is 15.2. The third-order valence-electron chi connectivity index (χ3n) is 6.62. The highest BCUT2D eigenvalue weighted by Gasteiger charge is 2.64. The van der Waals surface area contributed by atoms with E-state index < -0.39 is 23.5 Å². The molecule has 0 radical (unpaired) electrons. The minimum Gasteiger partial charge on any atom is -0.480 e. The van der Waals surface area contributed by atoms with Gasteiger partial charge in [-0.2, -0.15) is 0 Å². The summed E-state index contributed by atoms with van der Waals surface area (Å²) in [6, 6.07) is 8.13. The number of benzene rings is 1. The van der Waals surface area contributed by atoms with Crippen LogP contribution in [-0.4, -0.2) is 27.6 Å². The number of hydrogen-bond acceptors (Lipinski definition) is 4. The van der Waals surface area contributed by atoms with Gasteiger partial charge in [0.05, 0.1) is 0 Å². The van der Waals surface area contributed by atoms with Gasteiger partial charge in [-0.05, 0) is 54.9 Å². The second-order valence-electron chi connectivity index (χ2n) is 9.54. The number of rotatable bonds is 3. The number of hydrogen-bond donors (Lipinski definition) is 3. The number of aryl methyl sites for hydroxylation is 2. The largest absolute Gasteiger partial charge is 0.480 e. The lowest BCUT2D eigenvalue weighted by molar-refractivity contribution is -0.140. The molecule has 6 heteroatoms. The highest BCUT2D eigenvalue weighted by atomic mass is 19.1. The third kappa shape index (κ3) is 3.10. The maximum Gasteiger partial charge on any atom is 0.321 e. The predicted octanol–water partition coefficient (Wildman–Crippen LogP) is 3.90. The van der Waals surface area contributed by atoms with Crippen LogP contribution in [0.4, 0.5) is 10.2 Å². The molecule has 1 aromatic carbocycles. The van der Waals surface area contributed by atoms with Crippen LogP contribution in [0.2, 0.25) is 0 Å². The molecule has 1 saturated heterocycles. The van der Waals surface area contributed by atoms with Crippen LogP contribution in [0.15, 0.2) is 30.3 Å². The molecule has 154 valence electrons. The van der Waals surface area contributed by atoms with E-state index in [1.54, 1.807) is 25.1 Å². The molecule has 4 N–H and O–H groups in total. The van der Waals surface area contributed by atoms with E-state index in [9.17, 15) is 9.90 Å². The van der Waals surface area contributed by atoms with Gasteiger partial charge in [-0.1, -0.05) is 38.1 Å². The molecule has 0 amide bonds. The number of anilines is 1. The van der Waals surface area contributed by atoms with Crippen LogP contribution >= 0.6 is 0 Å². The first-order valence-electron chi connectivity index (χ1n) is 10.0. The molecule has 4 rings (SSSR count). The minimum atomic E-state index is -0.971. The molecule has 1 aliphatic heterocycles. The lowest BCUT2D eigenvalue weighted by Gasteiger charge is -2.55. The molecule has 0 bridgehead atoms. The van der Waals surface area contributed by atoms with Gasteiger partial charge in [0.15, 0.2) is 0 Å². The normalized spacial score (nSPS) is 27.0. The summed E-state index contributed by atoms with van der Waals surface area (Å²) in [5, 5.41) is 13.4. The second kappa shape index (κ2) is 6.52. The molecule has 2 aromatic rings. The number of nitrogens with zero attached hydrogens (tertiary/aromatic N) is 1. The Bertz CT molecular complexity index is 980. The lowest BCUT2D eigenvalue weighted by Crippen LogP contribution is -2.60. The SMILES string of the molecule is Cc1ccc([C@H]2[C@@H](c3cccc(C)c3F)[C@H](C(=O)O)NC23CC(C)(C)C3)c(N)n1. The van der Waals surface area contributed by atoms with Crippen LogP contribution in [0.25, 0.3) is 0 Å². The molecule has 2 fully saturated rings. The van der Waals surface area contributed by atoms with Crippen LogP contribution in [0.1, 0.15) is 60.9 Å². The molecule has 1 saturated carbocycles. The fourth-order valence-electron chi connectivity index (χ4n) is 5.85. The van der Waals surface area contributed by atoms with E-state index in [0.29, 0.717) is 16.9 Å². The topological polar surface area (TPSA) is 88.2 Å². The van der Waals surface area contributed by atoms with E-state index in [-0.39, 0.29) is 17.2 Å². The number of aromatic nitrogens is 1. The van der Waals surface area contributed by atoms with Crippen LogP contribution in [0, 0.1) is 25.1 Å². The molecule has 1 aromatic heterocycles. The zero-order chi connectivity index (χ0) is 21.1. The van der Waals surface area contributed by atoms with Gasteiger partial charge >= 0.3 is 5.97 Å². The summed E-state index contributed by atoms with van der Waals surface area (Å²) < 4.78 is 15.2. The number of carboxylic acids is 1. The van der Waals surface area contributed by atoms with Crippen molar-refractivity contribution in [3.8, 4) is 0 Å². The average molecular weight is 397 g/mol. The molecule has 29 heavy (non-hydrogen) atoms. The fraction of sp³-hybridized carbons (Fsp3) is 0.478. The summed E-state index contributed by atoms with van der Waals surface area (Å²) in [7, 11) is 0. The minimum absolute atomic E-state index is 0.0846. The average Bonchev–Trinajstić information content (AvgIpc) is 2.92. The quantitative estimate of drug-likeness (QED) is 0.731. The van der Waals surface area contributed by atoms with E-state index >= 15 is 4.39 Å². The van der Waals surface area contributed by atoms with Gasteiger partial charge in [0.25, 0.3) is 0 Å². The molecule has 2 aliphatic rings. The van der Waals surface area contributed by atoms with Gasteiger partial charge in [0, 0.05) is 23.1 Å². The summed E-state index contributed by atoms with van der Waals surface area (Å²) in [5.74, 6) is -1.77. The van der Waals surface area contributed by atoms with Crippen molar-refractivity contribution in [1.82, 2.24) is 10.3 Å². The number of carbonyl (C=O) groups is 1. The van der Waals surface area contributed by atoms with Crippen molar-refractivity contribution >= 4 is 11.8 Å². The Morgan fingerprint density at radius 3 is 2.48 bits per heavy atom. The second-order valence-corrected chi connectivity index (χ2v) is 9.54. The van der Waals surface area contributed by atoms with Crippen molar-refractivity contribution in [1.29, 1.82) is 0 Å². The van der Waals surface area contributed by atoms with Crippen molar-refractivity contribution in [3.63, 3.8) is 0 Å². The first kappa shape index (κ1) is 19.8. The van der Waals surface area contributed by atoms with Crippen molar-refractivity contribution in [3.05, 3.63) is 58.5 Å². The number of aliphatic carboxylic acids is 1. The predicted molar refractivity (Wildman–Crippen MR) is 110 cm³/mol. The maximum atomic E-state index is 15.2. The number of carboxylic acid groups (broad SMARTS) is 1. The zero-order valence-corrected chi connectivity index (χ0v) is 17.3. The Morgan fingerprint density at radius 2 is 1.90 bits per heavy atom. The monoisotopic (exact) mass is 397 g/mol. The standard InChI is InChI=1S/C23H28FN3O2/c1-12-6-5-7-14(18(12)24)16-17(15-9-8-13(2)26-20(15)25)23(10-22(3,4)11-23)27-19(16)21(28)29/h5-9,16-17,19,27H,10-11H2,1-4H3,(H2,25,26)(H,28,29)/t16-,17+,19-/m1/s1. The summed E-state index contributed by atoms with van der Waals surface area (Å²) in [5.41, 5.74) is 8.49. The van der Waals surface area contributed by atoms with E-state index in [4.69, 9.17) is 5.73 Å². The first-order valence-corrected chi connectivity index (χ1v) is 10.0. The summed E-state index contributed by atoms with van der Waals surface area (Å²) >= 11 is 0. The van der Waals surface area contributed by atoms with E-state index in [0.717, 1.165) is 24.1 Å². The number of halogens is 1. The van der Waals surface area contributed by atoms with Crippen molar-refractivity contribution in [2.45, 2.75) is 64.0 Å². The van der Waals surface area contributed by atoms with E-state index in [1.165, 1.54) is 0 Å². The summed E-state index contributed by atoms with van der Waals surface area (Å²) in [6.07, 6.45) is 1.59. The van der Waals surface area contributed by atoms with Gasteiger partial charge in [-0.25, -0.2) is 9.37 Å². The molecular formula is C23H28FN3O2. The summed E-state index contributed by atoms with van der Waals surface area (Å²) in [4.78, 5) is 16.7. The van der Waals surface area contributed by atoms with Gasteiger partial charge in [0.1, 0.15) is 17.7 Å². The Kier molecular flexibility index (Phi) is 4.46.